The number of benzene rings is 1. The maximum Gasteiger partial charge on any atom is 0.317 e. The monoisotopic (exact) mass is 236 g/mol. The second-order valence-corrected chi connectivity index (χ2v) is 4.46. The van der Waals surface area contributed by atoms with Crippen molar-refractivity contribution in [2.75, 3.05) is 7.11 Å². The molecule has 0 atom stereocenters. The number of hydrogen-bond donors (Lipinski definition) is 1. The molecule has 0 saturated carbocycles. The molecule has 1 aromatic rings. The highest BCUT2D eigenvalue weighted by Gasteiger charge is 2.37. The quantitative estimate of drug-likeness (QED) is 0.643. The molecule has 0 heterocycles. The average Bonchev–Trinajstić information content (AvgIpc) is 2.27. The molecule has 0 fully saturated rings. The maximum atomic E-state index is 12.2. The van der Waals surface area contributed by atoms with Gasteiger partial charge >= 0.3 is 5.97 Å². The SMILES string of the molecule is COc1ccc(C)cc1C(=O)C(C)(C)C(=O)O. The van der Waals surface area contributed by atoms with Crippen molar-refractivity contribution in [3.8, 4) is 5.75 Å². The molecule has 0 radical (unpaired) electrons. The number of ketones is 1. The summed E-state index contributed by atoms with van der Waals surface area (Å²) in [6, 6.07) is 5.12. The number of methoxy groups -OCH3 is 1. The van der Waals surface area contributed by atoms with Gasteiger partial charge in [0.25, 0.3) is 0 Å². The van der Waals surface area contributed by atoms with Gasteiger partial charge in [-0.25, -0.2) is 0 Å². The Labute approximate surface area is 100 Å². The Bertz CT molecular complexity index is 460. The summed E-state index contributed by atoms with van der Waals surface area (Å²) >= 11 is 0. The molecule has 0 amide bonds. The molecule has 0 aromatic heterocycles. The van der Waals surface area contributed by atoms with Crippen LogP contribution in [0, 0.1) is 12.3 Å². The Morgan fingerprint density at radius 3 is 2.35 bits per heavy atom. The number of carbonyl (C=O) groups is 2. The predicted molar refractivity (Wildman–Crippen MR) is 63.5 cm³/mol. The van der Waals surface area contributed by atoms with Crippen molar-refractivity contribution in [3.05, 3.63) is 29.3 Å². The Morgan fingerprint density at radius 1 is 1.29 bits per heavy atom. The first-order valence-electron chi connectivity index (χ1n) is 5.23. The molecule has 0 aliphatic carbocycles. The van der Waals surface area contributed by atoms with Crippen molar-refractivity contribution in [3.63, 3.8) is 0 Å². The van der Waals surface area contributed by atoms with E-state index in [0.717, 1.165) is 5.56 Å². The van der Waals surface area contributed by atoms with Crippen molar-refractivity contribution < 1.29 is 19.4 Å². The van der Waals surface area contributed by atoms with E-state index in [2.05, 4.69) is 0 Å². The standard InChI is InChI=1S/C13H16O4/c1-8-5-6-10(17-4)9(7-8)11(14)13(2,3)12(15)16/h5-7H,1-4H3,(H,15,16). The largest absolute Gasteiger partial charge is 0.496 e. The predicted octanol–water partition coefficient (Wildman–Crippen LogP) is 2.30. The van der Waals surface area contributed by atoms with Crippen LogP contribution in [0.15, 0.2) is 18.2 Å². The number of rotatable bonds is 4. The van der Waals surface area contributed by atoms with Gasteiger partial charge in [0.15, 0.2) is 5.78 Å². The van der Waals surface area contributed by atoms with Crippen molar-refractivity contribution in [2.45, 2.75) is 20.8 Å². The number of carboxylic acid groups (broad SMARTS) is 1. The third-order valence-electron chi connectivity index (χ3n) is 2.70. The highest BCUT2D eigenvalue weighted by molar-refractivity contribution is 6.12. The molecular weight excluding hydrogens is 220 g/mol. The van der Waals surface area contributed by atoms with E-state index in [1.54, 1.807) is 12.1 Å². The van der Waals surface area contributed by atoms with Crippen LogP contribution in [0.5, 0.6) is 5.75 Å². The molecule has 0 unspecified atom stereocenters. The lowest BCUT2D eigenvalue weighted by Gasteiger charge is -2.19. The van der Waals surface area contributed by atoms with Crippen LogP contribution in [0.4, 0.5) is 0 Å². The molecule has 4 nitrogen and oxygen atoms in total. The van der Waals surface area contributed by atoms with Crippen LogP contribution in [0.1, 0.15) is 29.8 Å². The Morgan fingerprint density at radius 2 is 1.88 bits per heavy atom. The molecule has 0 bridgehead atoms. The molecule has 0 spiro atoms. The zero-order chi connectivity index (χ0) is 13.2. The third-order valence-corrected chi connectivity index (χ3v) is 2.70. The van der Waals surface area contributed by atoms with Gasteiger partial charge in [0.2, 0.25) is 0 Å². The average molecular weight is 236 g/mol. The van der Waals surface area contributed by atoms with Crippen molar-refractivity contribution >= 4 is 11.8 Å². The highest BCUT2D eigenvalue weighted by Crippen LogP contribution is 2.28. The summed E-state index contributed by atoms with van der Waals surface area (Å²) in [5, 5.41) is 9.04. The summed E-state index contributed by atoms with van der Waals surface area (Å²) in [5.41, 5.74) is -0.267. The Balaban J connectivity index is 3.29. The van der Waals surface area contributed by atoms with Gasteiger partial charge in [-0.3, -0.25) is 9.59 Å². The van der Waals surface area contributed by atoms with Crippen LogP contribution in [0.3, 0.4) is 0 Å². The molecule has 92 valence electrons. The van der Waals surface area contributed by atoms with Gasteiger partial charge in [-0.15, -0.1) is 0 Å². The first kappa shape index (κ1) is 13.2. The zero-order valence-corrected chi connectivity index (χ0v) is 10.4. The van der Waals surface area contributed by atoms with Crippen LogP contribution in [-0.2, 0) is 4.79 Å². The van der Waals surface area contributed by atoms with Crippen LogP contribution in [0.25, 0.3) is 0 Å². The molecule has 0 saturated heterocycles. The van der Waals surface area contributed by atoms with Gasteiger partial charge in [0, 0.05) is 0 Å². The summed E-state index contributed by atoms with van der Waals surface area (Å²) in [5.74, 6) is -1.20. The fourth-order valence-corrected chi connectivity index (χ4v) is 1.43. The van der Waals surface area contributed by atoms with Gasteiger partial charge < -0.3 is 9.84 Å². The second-order valence-electron chi connectivity index (χ2n) is 4.46. The van der Waals surface area contributed by atoms with Crippen LogP contribution in [-0.4, -0.2) is 24.0 Å². The first-order valence-corrected chi connectivity index (χ1v) is 5.23. The van der Waals surface area contributed by atoms with E-state index < -0.39 is 17.2 Å². The second kappa shape index (κ2) is 4.57. The minimum Gasteiger partial charge on any atom is -0.496 e. The zero-order valence-electron chi connectivity index (χ0n) is 10.4. The van der Waals surface area contributed by atoms with E-state index in [9.17, 15) is 9.59 Å². The molecule has 1 aromatic carbocycles. The molecule has 17 heavy (non-hydrogen) atoms. The van der Waals surface area contributed by atoms with Gasteiger partial charge in [-0.1, -0.05) is 11.6 Å². The number of carbonyl (C=O) groups excluding carboxylic acids is 1. The van der Waals surface area contributed by atoms with E-state index in [4.69, 9.17) is 9.84 Å². The van der Waals surface area contributed by atoms with E-state index in [1.807, 2.05) is 13.0 Å². The van der Waals surface area contributed by atoms with Crippen molar-refractivity contribution in [1.82, 2.24) is 0 Å². The fraction of sp³-hybridized carbons (Fsp3) is 0.385. The highest BCUT2D eigenvalue weighted by atomic mass is 16.5. The first-order chi connectivity index (χ1) is 7.80. The number of aliphatic carboxylic acids is 1. The molecule has 0 aliphatic rings. The minimum atomic E-state index is -1.46. The molecule has 1 N–H and O–H groups in total. The van der Waals surface area contributed by atoms with Gasteiger partial charge in [-0.05, 0) is 32.9 Å². The number of hydrogen-bond acceptors (Lipinski definition) is 3. The van der Waals surface area contributed by atoms with Gasteiger partial charge in [0.05, 0.1) is 12.7 Å². The summed E-state index contributed by atoms with van der Waals surface area (Å²) in [6.45, 7) is 4.61. The molecule has 1 rings (SSSR count). The molecular formula is C13H16O4. The van der Waals surface area contributed by atoms with Crippen LogP contribution < -0.4 is 4.74 Å². The van der Waals surface area contributed by atoms with Crippen LogP contribution in [0.2, 0.25) is 0 Å². The maximum absolute atomic E-state index is 12.2. The van der Waals surface area contributed by atoms with E-state index >= 15 is 0 Å². The van der Waals surface area contributed by atoms with E-state index in [0.29, 0.717) is 11.3 Å². The van der Waals surface area contributed by atoms with Crippen LogP contribution >= 0.6 is 0 Å². The number of carboxylic acids is 1. The summed E-state index contributed by atoms with van der Waals surface area (Å²) < 4.78 is 5.08. The number of Topliss-reactive ketones (excluding diaryl/α,β-unsaturated/α-hetero) is 1. The lowest BCUT2D eigenvalue weighted by molar-refractivity contribution is -0.144. The lowest BCUT2D eigenvalue weighted by atomic mass is 9.83. The molecule has 4 heteroatoms. The van der Waals surface area contributed by atoms with Gasteiger partial charge in [-0.2, -0.15) is 0 Å². The van der Waals surface area contributed by atoms with E-state index in [-0.39, 0.29) is 0 Å². The Hall–Kier alpha value is -1.84. The van der Waals surface area contributed by atoms with Gasteiger partial charge in [0.1, 0.15) is 11.2 Å². The lowest BCUT2D eigenvalue weighted by Crippen LogP contribution is -2.33. The topological polar surface area (TPSA) is 63.6 Å². The third kappa shape index (κ3) is 2.46. The molecule has 0 aliphatic heterocycles. The van der Waals surface area contributed by atoms with Crippen molar-refractivity contribution in [1.29, 1.82) is 0 Å². The Kier molecular flexibility index (Phi) is 3.56. The summed E-state index contributed by atoms with van der Waals surface area (Å²) in [4.78, 5) is 23.2. The fourth-order valence-electron chi connectivity index (χ4n) is 1.43. The number of ether oxygens (including phenoxy) is 1. The normalized spacial score (nSPS) is 11.1. The van der Waals surface area contributed by atoms with E-state index in [1.165, 1.54) is 21.0 Å². The summed E-state index contributed by atoms with van der Waals surface area (Å²) in [6.07, 6.45) is 0. The number of aryl methyl sites for hydroxylation is 1. The smallest absolute Gasteiger partial charge is 0.317 e. The summed E-state index contributed by atoms with van der Waals surface area (Å²) in [7, 11) is 1.45. The minimum absolute atomic E-state index is 0.305. The van der Waals surface area contributed by atoms with Crippen molar-refractivity contribution in [2.24, 2.45) is 5.41 Å².